The van der Waals surface area contributed by atoms with E-state index in [4.69, 9.17) is 20.9 Å². The zero-order valence-electron chi connectivity index (χ0n) is 36.9. The largest absolute Gasteiger partial charge is 0.508 e. The summed E-state index contributed by atoms with van der Waals surface area (Å²) >= 11 is 0. The molecule has 0 saturated carbocycles. The van der Waals surface area contributed by atoms with E-state index < -0.39 is 88.9 Å². The minimum atomic E-state index is -2.18. The zero-order valence-corrected chi connectivity index (χ0v) is 36.9. The molecule has 0 fully saturated rings. The van der Waals surface area contributed by atoms with Crippen molar-refractivity contribution in [1.29, 1.82) is 0 Å². The van der Waals surface area contributed by atoms with E-state index in [2.05, 4.69) is 26.6 Å². The fraction of sp³-hybridized carbons (Fsp3) is 0.213. The minimum absolute atomic E-state index is 0.0221. The lowest BCUT2D eigenvalue weighted by Gasteiger charge is -2.22. The van der Waals surface area contributed by atoms with Gasteiger partial charge in [0.25, 0.3) is 17.7 Å². The molecule has 14 N–H and O–H groups in total. The number of hydrogen-bond donors (Lipinski definition) is 12. The summed E-state index contributed by atoms with van der Waals surface area (Å²) in [4.78, 5) is 89.7. The van der Waals surface area contributed by atoms with Gasteiger partial charge in [-0.2, -0.15) is 0 Å². The van der Waals surface area contributed by atoms with Crippen LogP contribution in [0.4, 0.5) is 22.7 Å². The molecule has 0 bridgehead atoms. The Morgan fingerprint density at radius 3 is 1.51 bits per heavy atom. The first kappa shape index (κ1) is 50.3. The topological polar surface area (TPSA) is 351 Å². The zero-order chi connectivity index (χ0) is 50.0. The molecular weight excluding hydrogens is 887 g/mol. The van der Waals surface area contributed by atoms with Crippen molar-refractivity contribution in [3.05, 3.63) is 125 Å². The molecule has 356 valence electrons. The van der Waals surface area contributed by atoms with E-state index in [0.29, 0.717) is 0 Å². The first-order chi connectivity index (χ1) is 32.1. The van der Waals surface area contributed by atoms with Gasteiger partial charge in [-0.15, -0.1) is 0 Å². The van der Waals surface area contributed by atoms with Gasteiger partial charge in [-0.25, -0.2) is 4.79 Å². The standard InChI is InChI=1S/C47H49N7O14/c1-22(2)67-39-33(19-17-30(36(39)56)44(62)53-34-20-18-31(47(65)66)37(57)40(34)68-23(3)4)52-42(60)25-7-13-28(14-8-25)51-46(64)35(38(58)41(49)59)54-43(61)26-9-11-27(12-10-26)50-45(63)32(48)21-24-5-15-29(55)16-6-24/h5-20,22-23,32,35,38,55-58H,21,48H2,1-4H3,(H2,49,59)(H,50,63)(H,51,64)(H,52,60)(H,53,62)(H,54,61)(H,65,66). The van der Waals surface area contributed by atoms with Crippen molar-refractivity contribution < 1.29 is 68.6 Å². The van der Waals surface area contributed by atoms with Gasteiger partial charge in [0.05, 0.1) is 35.2 Å². The molecule has 0 aliphatic carbocycles. The van der Waals surface area contributed by atoms with Crippen LogP contribution in [0.15, 0.2) is 97.1 Å². The number of carbonyl (C=O) groups excluding carboxylic acids is 6. The fourth-order valence-corrected chi connectivity index (χ4v) is 6.31. The van der Waals surface area contributed by atoms with E-state index in [1.807, 2.05) is 0 Å². The fourth-order valence-electron chi connectivity index (χ4n) is 6.31. The van der Waals surface area contributed by atoms with Gasteiger partial charge in [-0.3, -0.25) is 28.8 Å². The predicted octanol–water partition coefficient (Wildman–Crippen LogP) is 3.67. The first-order valence-corrected chi connectivity index (χ1v) is 20.7. The normalized spacial score (nSPS) is 12.2. The number of primary amides is 1. The number of nitrogens with one attached hydrogen (secondary N) is 5. The molecular formula is C47H49N7O14. The van der Waals surface area contributed by atoms with E-state index in [0.717, 1.165) is 11.6 Å². The van der Waals surface area contributed by atoms with Gasteiger partial charge in [0.1, 0.15) is 17.4 Å². The number of aromatic carboxylic acids is 1. The molecule has 21 nitrogen and oxygen atoms in total. The van der Waals surface area contributed by atoms with E-state index in [1.165, 1.54) is 78.9 Å². The van der Waals surface area contributed by atoms with Crippen LogP contribution >= 0.6 is 0 Å². The maximum atomic E-state index is 13.5. The first-order valence-electron chi connectivity index (χ1n) is 20.7. The van der Waals surface area contributed by atoms with Crippen molar-refractivity contribution in [2.24, 2.45) is 11.5 Å². The summed E-state index contributed by atoms with van der Waals surface area (Å²) in [5.74, 6) is -8.78. The van der Waals surface area contributed by atoms with Crippen molar-refractivity contribution >= 4 is 64.2 Å². The number of carboxylic acid groups (broad SMARTS) is 1. The average molecular weight is 936 g/mol. The van der Waals surface area contributed by atoms with Crippen molar-refractivity contribution in [1.82, 2.24) is 5.32 Å². The maximum absolute atomic E-state index is 13.5. The number of aliphatic hydroxyl groups excluding tert-OH is 1. The molecule has 5 aromatic carbocycles. The second-order valence-electron chi connectivity index (χ2n) is 15.6. The molecule has 0 saturated heterocycles. The average Bonchev–Trinajstić information content (AvgIpc) is 3.28. The Balaban J connectivity index is 1.24. The Morgan fingerprint density at radius 1 is 0.574 bits per heavy atom. The summed E-state index contributed by atoms with van der Waals surface area (Å²) in [5.41, 5.74) is 11.5. The van der Waals surface area contributed by atoms with Crippen LogP contribution in [0.25, 0.3) is 0 Å². The minimum Gasteiger partial charge on any atom is -0.508 e. The number of anilines is 4. The van der Waals surface area contributed by atoms with Gasteiger partial charge in [0.15, 0.2) is 29.1 Å². The Morgan fingerprint density at radius 2 is 1.03 bits per heavy atom. The van der Waals surface area contributed by atoms with Gasteiger partial charge in [-0.05, 0) is 125 Å². The molecule has 3 unspecified atom stereocenters. The maximum Gasteiger partial charge on any atom is 0.339 e. The quantitative estimate of drug-likeness (QED) is 0.0562. The SMILES string of the molecule is CC(C)Oc1c(NC(=O)c2ccc(NC(=O)c3ccc(NC(=O)C(NC(=O)c4ccc(NC(=O)C(N)Cc5ccc(O)cc5)cc4)C(O)C(N)=O)cc3)c(OC(C)C)c2O)ccc(C(=O)O)c1O. The van der Waals surface area contributed by atoms with E-state index in [1.54, 1.807) is 39.8 Å². The Bertz CT molecular complexity index is 2710. The van der Waals surface area contributed by atoms with Crippen LogP contribution in [0.1, 0.15) is 74.7 Å². The molecule has 5 rings (SSSR count). The van der Waals surface area contributed by atoms with Gasteiger partial charge in [0, 0.05) is 22.5 Å². The number of ether oxygens (including phenoxy) is 2. The molecule has 0 radical (unpaired) electrons. The van der Waals surface area contributed by atoms with Gasteiger partial charge < -0.3 is 73.1 Å². The second-order valence-corrected chi connectivity index (χ2v) is 15.6. The lowest BCUT2D eigenvalue weighted by atomic mass is 10.1. The van der Waals surface area contributed by atoms with Crippen LogP contribution in [0, 0.1) is 0 Å². The van der Waals surface area contributed by atoms with E-state index >= 15 is 0 Å². The number of aliphatic hydroxyl groups is 1. The summed E-state index contributed by atoms with van der Waals surface area (Å²) in [6.07, 6.45) is -3.10. The number of rotatable bonds is 19. The number of carbonyl (C=O) groups is 7. The lowest BCUT2D eigenvalue weighted by molar-refractivity contribution is -0.132. The third-order valence-electron chi connectivity index (χ3n) is 9.68. The van der Waals surface area contributed by atoms with Crippen LogP contribution in [0.3, 0.4) is 0 Å². The monoisotopic (exact) mass is 935 g/mol. The summed E-state index contributed by atoms with van der Waals surface area (Å²) < 4.78 is 11.4. The third-order valence-corrected chi connectivity index (χ3v) is 9.68. The summed E-state index contributed by atoms with van der Waals surface area (Å²) in [7, 11) is 0. The molecule has 3 atom stereocenters. The molecule has 0 aliphatic rings. The number of carboxylic acids is 1. The Hall–Kier alpha value is -8.69. The van der Waals surface area contributed by atoms with Crippen LogP contribution in [-0.2, 0) is 20.8 Å². The number of aromatic hydroxyl groups is 3. The molecule has 68 heavy (non-hydrogen) atoms. The van der Waals surface area contributed by atoms with Crippen molar-refractivity contribution in [2.75, 3.05) is 21.3 Å². The molecule has 5 aromatic rings. The third kappa shape index (κ3) is 12.8. The van der Waals surface area contributed by atoms with E-state index in [-0.39, 0.29) is 63.1 Å². The number of benzene rings is 5. The van der Waals surface area contributed by atoms with Crippen LogP contribution in [0.5, 0.6) is 28.7 Å². The number of phenolic OH excluding ortho intramolecular Hbond substituents is 2. The van der Waals surface area contributed by atoms with Gasteiger partial charge in [0.2, 0.25) is 17.7 Å². The van der Waals surface area contributed by atoms with E-state index in [9.17, 15) is 59.1 Å². The highest BCUT2D eigenvalue weighted by atomic mass is 16.5. The molecule has 21 heteroatoms. The highest BCUT2D eigenvalue weighted by Crippen LogP contribution is 2.41. The highest BCUT2D eigenvalue weighted by Gasteiger charge is 2.33. The molecule has 0 spiro atoms. The molecule has 0 heterocycles. The smallest absolute Gasteiger partial charge is 0.339 e. The summed E-state index contributed by atoms with van der Waals surface area (Å²) in [5, 5.41) is 63.7. The van der Waals surface area contributed by atoms with Crippen molar-refractivity contribution in [3.8, 4) is 28.7 Å². The highest BCUT2D eigenvalue weighted by molar-refractivity contribution is 6.11. The number of hydrogen-bond acceptors (Lipinski definition) is 14. The van der Waals surface area contributed by atoms with Gasteiger partial charge in [-0.1, -0.05) is 12.1 Å². The molecule has 0 aliphatic heterocycles. The van der Waals surface area contributed by atoms with Crippen LogP contribution in [0.2, 0.25) is 0 Å². The molecule has 0 aromatic heterocycles. The van der Waals surface area contributed by atoms with Gasteiger partial charge >= 0.3 is 5.97 Å². The number of nitrogens with two attached hydrogens (primary N) is 2. The van der Waals surface area contributed by atoms with Crippen LogP contribution in [-0.4, -0.2) is 97.3 Å². The Labute approximate surface area is 388 Å². The Kier molecular flexibility index (Phi) is 16.3. The van der Waals surface area contributed by atoms with Crippen LogP contribution < -0.4 is 47.5 Å². The summed E-state index contributed by atoms with van der Waals surface area (Å²) in [6, 6.07) is 18.8. The lowest BCUT2D eigenvalue weighted by Crippen LogP contribution is -2.55. The second kappa shape index (κ2) is 22.0. The molecule has 6 amide bonds. The predicted molar refractivity (Wildman–Crippen MR) is 247 cm³/mol. The van der Waals surface area contributed by atoms with Crippen molar-refractivity contribution in [2.45, 2.75) is 64.5 Å². The summed E-state index contributed by atoms with van der Waals surface area (Å²) in [6.45, 7) is 6.51. The number of amides is 6. The number of phenols is 3. The van der Waals surface area contributed by atoms with Crippen molar-refractivity contribution in [3.63, 3.8) is 0 Å².